The van der Waals surface area contributed by atoms with Gasteiger partial charge in [0.2, 0.25) is 0 Å². The maximum Gasteiger partial charge on any atom is 0.255 e. The van der Waals surface area contributed by atoms with Gasteiger partial charge in [0.05, 0.1) is 23.2 Å². The summed E-state index contributed by atoms with van der Waals surface area (Å²) in [5.74, 6) is -2.52. The Morgan fingerprint density at radius 3 is 2.50 bits per heavy atom. The Kier molecular flexibility index (Phi) is 6.06. The molecular weight excluding hydrogens is 495 g/mol. The van der Waals surface area contributed by atoms with Crippen LogP contribution in [0.2, 0.25) is 0 Å². The summed E-state index contributed by atoms with van der Waals surface area (Å²) in [7, 11) is -0.319. The molecule has 2 heterocycles. The van der Waals surface area contributed by atoms with E-state index in [-0.39, 0.29) is 22.6 Å². The molecule has 1 N–H and O–H groups in total. The van der Waals surface area contributed by atoms with Crippen molar-refractivity contribution in [2.24, 2.45) is 0 Å². The van der Waals surface area contributed by atoms with E-state index in [0.717, 1.165) is 18.2 Å². The van der Waals surface area contributed by atoms with Crippen LogP contribution in [0, 0.1) is 17.5 Å². The van der Waals surface area contributed by atoms with E-state index in [0.29, 0.717) is 21.6 Å². The van der Waals surface area contributed by atoms with Crippen LogP contribution in [0.3, 0.4) is 0 Å². The van der Waals surface area contributed by atoms with Crippen LogP contribution in [0.1, 0.15) is 0 Å². The number of aromatic nitrogens is 2. The fourth-order valence-electron chi connectivity index (χ4n) is 3.77. The lowest BCUT2D eigenvalue weighted by molar-refractivity contribution is 0.412. The molecule has 182 valence electrons. The molecule has 0 spiro atoms. The number of hydrogen-bond donors (Lipinski definition) is 1. The third-order valence-electron chi connectivity index (χ3n) is 5.45. The van der Waals surface area contributed by atoms with Crippen molar-refractivity contribution in [3.8, 4) is 22.6 Å². The molecule has 5 aromatic rings. The molecule has 7 nitrogen and oxygen atoms in total. The van der Waals surface area contributed by atoms with Gasteiger partial charge >= 0.3 is 0 Å². The summed E-state index contributed by atoms with van der Waals surface area (Å²) >= 11 is 0. The Balaban J connectivity index is 1.61. The van der Waals surface area contributed by atoms with Gasteiger partial charge in [0, 0.05) is 29.1 Å². The van der Waals surface area contributed by atoms with Crippen LogP contribution < -0.4 is 15.0 Å². The zero-order valence-electron chi connectivity index (χ0n) is 18.5. The summed E-state index contributed by atoms with van der Waals surface area (Å²) in [4.78, 5) is 13.3. The molecule has 36 heavy (non-hydrogen) atoms. The van der Waals surface area contributed by atoms with Crippen molar-refractivity contribution in [2.75, 3.05) is 11.8 Å². The van der Waals surface area contributed by atoms with Crippen LogP contribution in [0.4, 0.5) is 19.0 Å². The van der Waals surface area contributed by atoms with Crippen LogP contribution in [0.5, 0.6) is 5.75 Å². The Hall–Kier alpha value is -4.38. The number of ether oxygens (including phenoxy) is 1. The number of halogens is 3. The number of methoxy groups -OCH3 is 1. The Morgan fingerprint density at radius 2 is 1.78 bits per heavy atom. The molecular formula is C25H16F3N3O4S. The predicted octanol–water partition coefficient (Wildman–Crippen LogP) is 5.21. The van der Waals surface area contributed by atoms with Crippen molar-refractivity contribution in [1.29, 1.82) is 0 Å². The zero-order chi connectivity index (χ0) is 25.4. The van der Waals surface area contributed by atoms with Crippen LogP contribution in [0.15, 0.2) is 87.2 Å². The third-order valence-corrected chi connectivity index (χ3v) is 6.53. The minimum atomic E-state index is -1.66. The summed E-state index contributed by atoms with van der Waals surface area (Å²) in [5.41, 5.74) is 0.123. The second kappa shape index (κ2) is 9.34. The standard InChI is InChI=1S/C25H16F3N3O4S/c1-34-23-12-17(14-2-5-18(26)20(28)11-14)19(27)13-22(23)31-21-6-4-16(10-15(21)3-7-25(31)32)36(33)30-24-8-9-35-29-24/h2-13H,1H3,(H,29,30). The van der Waals surface area contributed by atoms with E-state index in [1.807, 2.05) is 0 Å². The van der Waals surface area contributed by atoms with Crippen LogP contribution >= 0.6 is 0 Å². The second-order valence-corrected chi connectivity index (χ2v) is 8.83. The molecule has 0 aliphatic rings. The molecule has 0 bridgehead atoms. The summed E-state index contributed by atoms with van der Waals surface area (Å²) in [5, 5.41) is 4.21. The normalized spacial score (nSPS) is 12.0. The maximum absolute atomic E-state index is 15.2. The lowest BCUT2D eigenvalue weighted by atomic mass is 10.0. The summed E-state index contributed by atoms with van der Waals surface area (Å²) in [6.45, 7) is 0. The van der Waals surface area contributed by atoms with Gasteiger partial charge in [-0.25, -0.2) is 17.4 Å². The Bertz CT molecular complexity index is 1690. The van der Waals surface area contributed by atoms with Gasteiger partial charge < -0.3 is 9.26 Å². The molecule has 0 saturated heterocycles. The molecule has 0 aliphatic carbocycles. The van der Waals surface area contributed by atoms with Crippen LogP contribution in [-0.2, 0) is 11.0 Å². The van der Waals surface area contributed by atoms with Gasteiger partial charge in [-0.1, -0.05) is 11.2 Å². The van der Waals surface area contributed by atoms with Crippen molar-refractivity contribution in [1.82, 2.24) is 9.72 Å². The van der Waals surface area contributed by atoms with E-state index < -0.39 is 34.0 Å². The van der Waals surface area contributed by atoms with E-state index in [1.165, 1.54) is 42.2 Å². The number of hydrogen-bond acceptors (Lipinski definition) is 5. The molecule has 2 aromatic heterocycles. The highest BCUT2D eigenvalue weighted by atomic mass is 32.2. The minimum Gasteiger partial charge on any atom is -0.495 e. The fourth-order valence-corrected chi connectivity index (χ4v) is 4.61. The number of nitrogens with zero attached hydrogens (tertiary/aromatic N) is 2. The first-order valence-corrected chi connectivity index (χ1v) is 11.6. The highest BCUT2D eigenvalue weighted by Crippen LogP contribution is 2.34. The third kappa shape index (κ3) is 4.24. The van der Waals surface area contributed by atoms with E-state index in [9.17, 15) is 17.8 Å². The molecule has 0 radical (unpaired) electrons. The van der Waals surface area contributed by atoms with E-state index >= 15 is 4.39 Å². The number of nitrogens with one attached hydrogen (secondary N) is 1. The zero-order valence-corrected chi connectivity index (χ0v) is 19.3. The molecule has 0 fully saturated rings. The molecule has 11 heteroatoms. The largest absolute Gasteiger partial charge is 0.495 e. The quantitative estimate of drug-likeness (QED) is 0.339. The number of anilines is 1. The summed E-state index contributed by atoms with van der Waals surface area (Å²) in [6, 6.07) is 14.6. The molecule has 3 aromatic carbocycles. The van der Waals surface area contributed by atoms with Gasteiger partial charge in [0.25, 0.3) is 5.56 Å². The van der Waals surface area contributed by atoms with E-state index in [2.05, 4.69) is 9.88 Å². The molecule has 0 amide bonds. The van der Waals surface area contributed by atoms with Gasteiger partial charge in [-0.2, -0.15) is 0 Å². The van der Waals surface area contributed by atoms with Crippen molar-refractivity contribution in [3.63, 3.8) is 0 Å². The van der Waals surface area contributed by atoms with Crippen molar-refractivity contribution >= 4 is 27.7 Å². The first-order chi connectivity index (χ1) is 17.4. The molecule has 0 aliphatic heterocycles. The molecule has 5 rings (SSSR count). The first-order valence-electron chi connectivity index (χ1n) is 10.4. The Labute approximate surface area is 204 Å². The van der Waals surface area contributed by atoms with E-state index in [4.69, 9.17) is 9.26 Å². The van der Waals surface area contributed by atoms with Crippen molar-refractivity contribution < 1.29 is 26.6 Å². The monoisotopic (exact) mass is 511 g/mol. The highest BCUT2D eigenvalue weighted by molar-refractivity contribution is 7.86. The van der Waals surface area contributed by atoms with Gasteiger partial charge in [0.1, 0.15) is 17.8 Å². The average Bonchev–Trinajstić information content (AvgIpc) is 3.38. The number of fused-ring (bicyclic) bond motifs is 1. The summed E-state index contributed by atoms with van der Waals surface area (Å²) in [6.07, 6.45) is 1.34. The van der Waals surface area contributed by atoms with Crippen molar-refractivity contribution in [3.05, 3.63) is 101 Å². The van der Waals surface area contributed by atoms with Crippen LogP contribution in [0.25, 0.3) is 27.7 Å². The molecule has 1 unspecified atom stereocenters. The number of benzene rings is 3. The second-order valence-electron chi connectivity index (χ2n) is 7.62. The predicted molar refractivity (Wildman–Crippen MR) is 128 cm³/mol. The summed E-state index contributed by atoms with van der Waals surface area (Å²) < 4.78 is 69.1. The average molecular weight is 511 g/mol. The van der Waals surface area contributed by atoms with Gasteiger partial charge in [-0.3, -0.25) is 14.1 Å². The van der Waals surface area contributed by atoms with Gasteiger partial charge in [0.15, 0.2) is 28.4 Å². The first kappa shape index (κ1) is 23.4. The lowest BCUT2D eigenvalue weighted by Crippen LogP contribution is -2.18. The Morgan fingerprint density at radius 1 is 0.944 bits per heavy atom. The van der Waals surface area contributed by atoms with Gasteiger partial charge in [-0.15, -0.1) is 0 Å². The van der Waals surface area contributed by atoms with E-state index in [1.54, 1.807) is 24.3 Å². The smallest absolute Gasteiger partial charge is 0.255 e. The number of rotatable bonds is 6. The number of pyridine rings is 1. The maximum atomic E-state index is 15.2. The lowest BCUT2D eigenvalue weighted by Gasteiger charge is -2.16. The molecule has 0 saturated carbocycles. The minimum absolute atomic E-state index is 0.0283. The topological polar surface area (TPSA) is 86.4 Å². The van der Waals surface area contributed by atoms with Crippen LogP contribution in [-0.4, -0.2) is 21.0 Å². The van der Waals surface area contributed by atoms with Gasteiger partial charge in [-0.05, 0) is 48.0 Å². The SMILES string of the molecule is COc1cc(-c2ccc(F)c(F)c2)c(F)cc1-n1c(=O)ccc2cc(S(=O)Nc3ccon3)ccc21. The fraction of sp³-hybridized carbons (Fsp3) is 0.0400. The van der Waals surface area contributed by atoms with Crippen molar-refractivity contribution in [2.45, 2.75) is 4.90 Å². The highest BCUT2D eigenvalue weighted by Gasteiger charge is 2.18. The molecule has 1 atom stereocenters.